The third kappa shape index (κ3) is 6.68. The van der Waals surface area contributed by atoms with Crippen LogP contribution in [0.15, 0.2) is 42.5 Å². The molecule has 2 N–H and O–H groups in total. The molecule has 0 saturated heterocycles. The van der Waals surface area contributed by atoms with Crippen molar-refractivity contribution in [2.24, 2.45) is 5.92 Å². The normalized spacial score (nSPS) is 12.9. The second-order valence-corrected chi connectivity index (χ2v) is 8.08. The van der Waals surface area contributed by atoms with Gasteiger partial charge >= 0.3 is 0 Å². The lowest BCUT2D eigenvalue weighted by Gasteiger charge is -2.27. The number of hydrogen-bond donors (Lipinski definition) is 2. The predicted molar refractivity (Wildman–Crippen MR) is 121 cm³/mol. The highest BCUT2D eigenvalue weighted by atomic mass is 19.1. The molecule has 0 bridgehead atoms. The molecule has 2 amide bonds. The van der Waals surface area contributed by atoms with Gasteiger partial charge in [-0.05, 0) is 49.8 Å². The van der Waals surface area contributed by atoms with Gasteiger partial charge in [0.2, 0.25) is 5.91 Å². The second kappa shape index (κ2) is 11.5. The van der Waals surface area contributed by atoms with Crippen molar-refractivity contribution in [3.8, 4) is 11.5 Å². The van der Waals surface area contributed by atoms with Crippen LogP contribution in [-0.2, 0) is 4.79 Å². The molecule has 32 heavy (non-hydrogen) atoms. The summed E-state index contributed by atoms with van der Waals surface area (Å²) in [4.78, 5) is 27.7. The van der Waals surface area contributed by atoms with Gasteiger partial charge in [0.05, 0.1) is 20.3 Å². The van der Waals surface area contributed by atoms with Crippen molar-refractivity contribution in [3.63, 3.8) is 0 Å². The summed E-state index contributed by atoms with van der Waals surface area (Å²) < 4.78 is 24.1. The summed E-state index contributed by atoms with van der Waals surface area (Å²) in [5.74, 6) is -0.259. The number of rotatable bonds is 10. The fourth-order valence-corrected chi connectivity index (χ4v) is 3.32. The Morgan fingerprint density at radius 1 is 1.03 bits per heavy atom. The summed E-state index contributed by atoms with van der Waals surface area (Å²) in [7, 11) is 6.72. The molecule has 2 atom stereocenters. The zero-order valence-electron chi connectivity index (χ0n) is 19.4. The molecule has 8 heteroatoms. The second-order valence-electron chi connectivity index (χ2n) is 8.08. The molecule has 2 unspecified atom stereocenters. The SMILES string of the molecule is COc1cc(OC)cc(C(=O)NC(C(=O)NCC(c2cccc(F)c2)N(C)C)C(C)C)c1. The van der Waals surface area contributed by atoms with Crippen molar-refractivity contribution in [2.45, 2.75) is 25.9 Å². The Balaban J connectivity index is 2.13. The molecule has 174 valence electrons. The number of hydrogen-bond acceptors (Lipinski definition) is 5. The van der Waals surface area contributed by atoms with E-state index in [1.165, 1.54) is 26.4 Å². The summed E-state index contributed by atoms with van der Waals surface area (Å²) >= 11 is 0. The number of carbonyl (C=O) groups excluding carboxylic acids is 2. The van der Waals surface area contributed by atoms with Crippen molar-refractivity contribution in [1.82, 2.24) is 15.5 Å². The van der Waals surface area contributed by atoms with Gasteiger partial charge in [-0.25, -0.2) is 4.39 Å². The third-order valence-corrected chi connectivity index (χ3v) is 5.18. The number of carbonyl (C=O) groups is 2. The van der Waals surface area contributed by atoms with Gasteiger partial charge in [-0.2, -0.15) is 0 Å². The molecule has 0 radical (unpaired) electrons. The Morgan fingerprint density at radius 2 is 1.66 bits per heavy atom. The fraction of sp³-hybridized carbons (Fsp3) is 0.417. The lowest BCUT2D eigenvalue weighted by molar-refractivity contribution is -0.124. The van der Waals surface area contributed by atoms with E-state index in [0.717, 1.165) is 5.56 Å². The van der Waals surface area contributed by atoms with E-state index in [0.29, 0.717) is 17.1 Å². The number of nitrogens with one attached hydrogen (secondary N) is 2. The Bertz CT molecular complexity index is 911. The molecule has 0 aliphatic rings. The minimum absolute atomic E-state index is 0.154. The summed E-state index contributed by atoms with van der Waals surface area (Å²) in [5.41, 5.74) is 1.08. The first-order valence-corrected chi connectivity index (χ1v) is 10.4. The largest absolute Gasteiger partial charge is 0.497 e. The van der Waals surface area contributed by atoms with E-state index in [4.69, 9.17) is 9.47 Å². The maximum Gasteiger partial charge on any atom is 0.252 e. The van der Waals surface area contributed by atoms with Gasteiger partial charge in [0.15, 0.2) is 0 Å². The average Bonchev–Trinajstić information content (AvgIpc) is 2.76. The minimum atomic E-state index is -0.755. The fourth-order valence-electron chi connectivity index (χ4n) is 3.32. The van der Waals surface area contributed by atoms with Crippen LogP contribution in [0.2, 0.25) is 0 Å². The highest BCUT2D eigenvalue weighted by molar-refractivity contribution is 5.98. The number of methoxy groups -OCH3 is 2. The first-order valence-electron chi connectivity index (χ1n) is 10.4. The molecule has 0 saturated carbocycles. The van der Waals surface area contributed by atoms with Crippen LogP contribution < -0.4 is 20.1 Å². The Kier molecular flexibility index (Phi) is 9.02. The average molecular weight is 446 g/mol. The van der Waals surface area contributed by atoms with Crippen LogP contribution in [0.25, 0.3) is 0 Å². The Labute approximate surface area is 188 Å². The number of nitrogens with zero attached hydrogens (tertiary/aromatic N) is 1. The maximum atomic E-state index is 13.7. The van der Waals surface area contributed by atoms with Crippen LogP contribution >= 0.6 is 0 Å². The summed E-state index contributed by atoms with van der Waals surface area (Å²) in [6.45, 7) is 3.97. The number of ether oxygens (including phenoxy) is 2. The van der Waals surface area contributed by atoms with E-state index in [1.807, 2.05) is 38.9 Å². The predicted octanol–water partition coefficient (Wildman–Crippen LogP) is 3.02. The van der Waals surface area contributed by atoms with Gasteiger partial charge in [0, 0.05) is 18.2 Å². The smallest absolute Gasteiger partial charge is 0.252 e. The highest BCUT2D eigenvalue weighted by Crippen LogP contribution is 2.23. The minimum Gasteiger partial charge on any atom is -0.497 e. The maximum absolute atomic E-state index is 13.7. The quantitative estimate of drug-likeness (QED) is 0.588. The lowest BCUT2D eigenvalue weighted by Crippen LogP contribution is -2.51. The molecule has 2 aromatic carbocycles. The van der Waals surface area contributed by atoms with Crippen LogP contribution in [-0.4, -0.2) is 57.6 Å². The van der Waals surface area contributed by atoms with E-state index in [2.05, 4.69) is 10.6 Å². The summed E-state index contributed by atoms with van der Waals surface area (Å²) in [6, 6.07) is 10.1. The first-order chi connectivity index (χ1) is 15.2. The van der Waals surface area contributed by atoms with Gasteiger partial charge in [0.1, 0.15) is 23.4 Å². The highest BCUT2D eigenvalue weighted by Gasteiger charge is 2.26. The van der Waals surface area contributed by atoms with Crippen molar-refractivity contribution >= 4 is 11.8 Å². The van der Waals surface area contributed by atoms with Gasteiger partial charge in [-0.15, -0.1) is 0 Å². The topological polar surface area (TPSA) is 79.9 Å². The van der Waals surface area contributed by atoms with E-state index in [1.54, 1.807) is 24.3 Å². The van der Waals surface area contributed by atoms with Gasteiger partial charge in [0.25, 0.3) is 5.91 Å². The molecule has 0 heterocycles. The van der Waals surface area contributed by atoms with Crippen molar-refractivity contribution in [1.29, 1.82) is 0 Å². The van der Waals surface area contributed by atoms with Crippen LogP contribution in [0.3, 0.4) is 0 Å². The molecule has 0 aliphatic carbocycles. The number of halogens is 1. The van der Waals surface area contributed by atoms with E-state index in [-0.39, 0.29) is 30.2 Å². The molecule has 0 fully saturated rings. The van der Waals surface area contributed by atoms with Crippen LogP contribution in [0.1, 0.15) is 35.8 Å². The van der Waals surface area contributed by atoms with Gasteiger partial charge in [-0.3, -0.25) is 9.59 Å². The molecular formula is C24H32FN3O4. The van der Waals surface area contributed by atoms with Crippen molar-refractivity contribution < 1.29 is 23.5 Å². The zero-order valence-corrected chi connectivity index (χ0v) is 19.4. The van der Waals surface area contributed by atoms with Crippen molar-refractivity contribution in [2.75, 3.05) is 34.9 Å². The third-order valence-electron chi connectivity index (χ3n) is 5.18. The van der Waals surface area contributed by atoms with Crippen LogP contribution in [0, 0.1) is 11.7 Å². The van der Waals surface area contributed by atoms with E-state index in [9.17, 15) is 14.0 Å². The number of likely N-dealkylation sites (N-methyl/N-ethyl adjacent to an activating group) is 1. The van der Waals surface area contributed by atoms with Crippen molar-refractivity contribution in [3.05, 3.63) is 59.4 Å². The molecular weight excluding hydrogens is 413 g/mol. The summed E-state index contributed by atoms with van der Waals surface area (Å²) in [5, 5.41) is 5.70. The van der Waals surface area contributed by atoms with Gasteiger partial charge in [-0.1, -0.05) is 26.0 Å². The monoisotopic (exact) mass is 445 g/mol. The Morgan fingerprint density at radius 3 is 2.16 bits per heavy atom. The van der Waals surface area contributed by atoms with E-state index >= 15 is 0 Å². The number of benzene rings is 2. The summed E-state index contributed by atoms with van der Waals surface area (Å²) in [6.07, 6.45) is 0. The Hall–Kier alpha value is -3.13. The number of amides is 2. The molecule has 0 aromatic heterocycles. The van der Waals surface area contributed by atoms with E-state index < -0.39 is 11.9 Å². The first kappa shape index (κ1) is 25.1. The molecule has 2 aromatic rings. The zero-order chi connectivity index (χ0) is 23.8. The van der Waals surface area contributed by atoms with Gasteiger partial charge < -0.3 is 25.0 Å². The lowest BCUT2D eigenvalue weighted by atomic mass is 10.0. The molecule has 2 rings (SSSR count). The van der Waals surface area contributed by atoms with Crippen LogP contribution in [0.4, 0.5) is 4.39 Å². The standard InChI is InChI=1S/C24H32FN3O4/c1-15(2)22(27-23(29)17-11-19(31-5)13-20(12-17)32-6)24(30)26-14-21(28(3)4)16-8-7-9-18(25)10-16/h7-13,15,21-22H,14H2,1-6H3,(H,26,30)(H,27,29). The molecule has 0 spiro atoms. The molecule has 7 nitrogen and oxygen atoms in total. The molecule has 0 aliphatic heterocycles. The van der Waals surface area contributed by atoms with Crippen LogP contribution in [0.5, 0.6) is 11.5 Å².